The van der Waals surface area contributed by atoms with Gasteiger partial charge in [0.2, 0.25) is 0 Å². The number of nitrogens with one attached hydrogen (secondary N) is 1. The Balaban J connectivity index is 2.04. The molecule has 1 fully saturated rings. The highest BCUT2D eigenvalue weighted by molar-refractivity contribution is 4.90. The number of nitrogens with zero attached hydrogens (tertiary/aromatic N) is 1. The van der Waals surface area contributed by atoms with Crippen LogP contribution >= 0.6 is 0 Å². The second-order valence-electron chi connectivity index (χ2n) is 4.09. The Bertz CT molecular complexity index is 179. The molecule has 0 amide bonds. The van der Waals surface area contributed by atoms with Crippen LogP contribution in [0.15, 0.2) is 0 Å². The molecule has 0 aromatic heterocycles. The van der Waals surface area contributed by atoms with Gasteiger partial charge in [0, 0.05) is 13.1 Å². The summed E-state index contributed by atoms with van der Waals surface area (Å²) in [5.41, 5.74) is 0. The smallest absolute Gasteiger partial charge is 0.0599 e. The zero-order valence-corrected chi connectivity index (χ0v) is 9.26. The molecule has 1 aliphatic rings. The lowest BCUT2D eigenvalue weighted by Crippen LogP contribution is -2.29. The van der Waals surface area contributed by atoms with Crippen molar-refractivity contribution in [2.75, 3.05) is 32.7 Å². The van der Waals surface area contributed by atoms with Gasteiger partial charge in [0.05, 0.1) is 6.54 Å². The first-order valence-electron chi connectivity index (χ1n) is 5.73. The molecule has 0 aromatic rings. The quantitative estimate of drug-likeness (QED) is 0.463. The highest BCUT2D eigenvalue weighted by Crippen LogP contribution is 2.29. The average Bonchev–Trinajstić information content (AvgIpc) is 2.96. The van der Waals surface area contributed by atoms with E-state index in [0.717, 1.165) is 32.1 Å². The van der Waals surface area contributed by atoms with E-state index in [1.165, 1.54) is 25.8 Å². The van der Waals surface area contributed by atoms with E-state index in [-0.39, 0.29) is 0 Å². The molecule has 1 rings (SSSR count). The summed E-state index contributed by atoms with van der Waals surface area (Å²) < 4.78 is 0. The maximum absolute atomic E-state index is 5.35. The van der Waals surface area contributed by atoms with Crippen LogP contribution in [0.2, 0.25) is 0 Å². The van der Waals surface area contributed by atoms with Crippen molar-refractivity contribution in [3.05, 3.63) is 0 Å². The number of terminal acetylenes is 1. The number of hydrogen-bond acceptors (Lipinski definition) is 2. The molecule has 0 aromatic carbocycles. The van der Waals surface area contributed by atoms with Gasteiger partial charge in [-0.1, -0.05) is 12.8 Å². The molecule has 0 saturated heterocycles. The van der Waals surface area contributed by atoms with E-state index in [1.54, 1.807) is 0 Å². The van der Waals surface area contributed by atoms with Crippen LogP contribution in [0.5, 0.6) is 0 Å². The Labute approximate surface area is 88.1 Å². The Kier molecular flexibility index (Phi) is 5.66. The van der Waals surface area contributed by atoms with E-state index in [1.807, 2.05) is 0 Å². The maximum atomic E-state index is 5.35. The predicted octanol–water partition coefficient (Wildman–Crippen LogP) is 1.33. The molecule has 1 N–H and O–H groups in total. The summed E-state index contributed by atoms with van der Waals surface area (Å²) in [7, 11) is 0. The minimum absolute atomic E-state index is 0.822. The van der Waals surface area contributed by atoms with Crippen LogP contribution in [0.4, 0.5) is 0 Å². The van der Waals surface area contributed by atoms with Crippen molar-refractivity contribution in [1.29, 1.82) is 0 Å². The summed E-state index contributed by atoms with van der Waals surface area (Å²) in [5.74, 6) is 3.69. The van der Waals surface area contributed by atoms with Crippen LogP contribution in [0.1, 0.15) is 26.2 Å². The van der Waals surface area contributed by atoms with E-state index in [0.29, 0.717) is 0 Å². The first kappa shape index (κ1) is 11.6. The zero-order chi connectivity index (χ0) is 10.2. The molecule has 0 atom stereocenters. The van der Waals surface area contributed by atoms with Crippen molar-refractivity contribution in [3.63, 3.8) is 0 Å². The maximum Gasteiger partial charge on any atom is 0.0599 e. The highest BCUT2D eigenvalue weighted by atomic mass is 15.1. The second kappa shape index (κ2) is 6.86. The summed E-state index contributed by atoms with van der Waals surface area (Å²) >= 11 is 0. The van der Waals surface area contributed by atoms with Crippen molar-refractivity contribution >= 4 is 0 Å². The molecule has 0 unspecified atom stereocenters. The van der Waals surface area contributed by atoms with Crippen LogP contribution < -0.4 is 5.32 Å². The van der Waals surface area contributed by atoms with Crippen molar-refractivity contribution in [1.82, 2.24) is 10.2 Å². The molecule has 0 spiro atoms. The third-order valence-corrected chi connectivity index (χ3v) is 2.61. The Morgan fingerprint density at radius 1 is 1.50 bits per heavy atom. The molecule has 0 aliphatic heterocycles. The van der Waals surface area contributed by atoms with Gasteiger partial charge >= 0.3 is 0 Å². The first-order chi connectivity index (χ1) is 6.86. The molecule has 0 heterocycles. The molecule has 1 aliphatic carbocycles. The lowest BCUT2D eigenvalue weighted by Gasteiger charge is -2.19. The minimum atomic E-state index is 0.822. The third kappa shape index (κ3) is 5.26. The minimum Gasteiger partial charge on any atom is -0.317 e. The standard InChI is InChI=1S/C12H22N2/c1-3-9-14(11-12-6-7-12)10-5-8-13-4-2/h1,12-13H,4-11H2,2H3. The number of hydrogen-bond donors (Lipinski definition) is 1. The lowest BCUT2D eigenvalue weighted by molar-refractivity contribution is 0.289. The molecule has 14 heavy (non-hydrogen) atoms. The predicted molar refractivity (Wildman–Crippen MR) is 61.2 cm³/mol. The van der Waals surface area contributed by atoms with Gasteiger partial charge < -0.3 is 5.32 Å². The van der Waals surface area contributed by atoms with E-state index in [9.17, 15) is 0 Å². The fourth-order valence-corrected chi connectivity index (χ4v) is 1.63. The topological polar surface area (TPSA) is 15.3 Å². The van der Waals surface area contributed by atoms with Gasteiger partial charge in [0.25, 0.3) is 0 Å². The van der Waals surface area contributed by atoms with Gasteiger partial charge in [-0.3, -0.25) is 4.90 Å². The zero-order valence-electron chi connectivity index (χ0n) is 9.26. The summed E-state index contributed by atoms with van der Waals surface area (Å²) in [6.07, 6.45) is 9.38. The van der Waals surface area contributed by atoms with Crippen molar-refractivity contribution < 1.29 is 0 Å². The molecule has 0 bridgehead atoms. The van der Waals surface area contributed by atoms with E-state index in [4.69, 9.17) is 6.42 Å². The van der Waals surface area contributed by atoms with Gasteiger partial charge in [-0.15, -0.1) is 6.42 Å². The Morgan fingerprint density at radius 3 is 2.86 bits per heavy atom. The Morgan fingerprint density at radius 2 is 2.29 bits per heavy atom. The molecule has 2 nitrogen and oxygen atoms in total. The van der Waals surface area contributed by atoms with Gasteiger partial charge in [-0.25, -0.2) is 0 Å². The summed E-state index contributed by atoms with van der Waals surface area (Å²) in [6, 6.07) is 0. The van der Waals surface area contributed by atoms with E-state index < -0.39 is 0 Å². The average molecular weight is 194 g/mol. The van der Waals surface area contributed by atoms with Gasteiger partial charge in [0.1, 0.15) is 0 Å². The molecular formula is C12H22N2. The van der Waals surface area contributed by atoms with Crippen molar-refractivity contribution in [2.45, 2.75) is 26.2 Å². The fraction of sp³-hybridized carbons (Fsp3) is 0.833. The van der Waals surface area contributed by atoms with Gasteiger partial charge in [-0.05, 0) is 38.3 Å². The Hall–Kier alpha value is -0.520. The normalized spacial score (nSPS) is 15.8. The van der Waals surface area contributed by atoms with Crippen molar-refractivity contribution in [3.8, 4) is 12.3 Å². The molecule has 1 saturated carbocycles. The van der Waals surface area contributed by atoms with E-state index >= 15 is 0 Å². The van der Waals surface area contributed by atoms with Crippen LogP contribution in [0.3, 0.4) is 0 Å². The van der Waals surface area contributed by atoms with Crippen LogP contribution in [0, 0.1) is 18.3 Å². The van der Waals surface area contributed by atoms with Gasteiger partial charge in [-0.2, -0.15) is 0 Å². The monoisotopic (exact) mass is 194 g/mol. The van der Waals surface area contributed by atoms with Gasteiger partial charge in [0.15, 0.2) is 0 Å². The summed E-state index contributed by atoms with van der Waals surface area (Å²) in [4.78, 5) is 2.41. The SMILES string of the molecule is C#CCN(CCCNCC)CC1CC1. The molecule has 80 valence electrons. The largest absolute Gasteiger partial charge is 0.317 e. The number of rotatable bonds is 8. The third-order valence-electron chi connectivity index (χ3n) is 2.61. The van der Waals surface area contributed by atoms with Crippen LogP contribution in [-0.2, 0) is 0 Å². The van der Waals surface area contributed by atoms with Crippen molar-refractivity contribution in [2.24, 2.45) is 5.92 Å². The lowest BCUT2D eigenvalue weighted by atomic mass is 10.3. The fourth-order valence-electron chi connectivity index (χ4n) is 1.63. The second-order valence-corrected chi connectivity index (χ2v) is 4.09. The molecule has 0 radical (unpaired) electrons. The molecule has 2 heteroatoms. The summed E-state index contributed by atoms with van der Waals surface area (Å²) in [6.45, 7) is 7.51. The molecular weight excluding hydrogens is 172 g/mol. The highest BCUT2D eigenvalue weighted by Gasteiger charge is 2.23. The van der Waals surface area contributed by atoms with Crippen LogP contribution in [-0.4, -0.2) is 37.6 Å². The van der Waals surface area contributed by atoms with Crippen LogP contribution in [0.25, 0.3) is 0 Å². The van der Waals surface area contributed by atoms with E-state index in [2.05, 4.69) is 23.1 Å². The summed E-state index contributed by atoms with van der Waals surface area (Å²) in [5, 5.41) is 3.34. The first-order valence-corrected chi connectivity index (χ1v) is 5.73.